The van der Waals surface area contributed by atoms with Crippen LogP contribution in [0.5, 0.6) is 0 Å². The van der Waals surface area contributed by atoms with Gasteiger partial charge in [0.2, 0.25) is 5.91 Å². The molecule has 4 heteroatoms. The Hall–Kier alpha value is -3.14. The Balaban J connectivity index is 1.85. The van der Waals surface area contributed by atoms with Crippen LogP contribution in [-0.2, 0) is 14.9 Å². The molecule has 0 bridgehead atoms. The highest BCUT2D eigenvalue weighted by molar-refractivity contribution is 6.11. The first kappa shape index (κ1) is 17.0. The summed E-state index contributed by atoms with van der Waals surface area (Å²) in [4.78, 5) is 26.5. The van der Waals surface area contributed by atoms with Crippen LogP contribution in [-0.4, -0.2) is 23.1 Å². The van der Waals surface area contributed by atoms with Crippen LogP contribution in [0.3, 0.4) is 0 Å². The molecule has 2 heterocycles. The number of hydrogen-bond acceptors (Lipinski definition) is 3. The number of esters is 1. The van der Waals surface area contributed by atoms with E-state index in [-0.39, 0.29) is 11.9 Å². The van der Waals surface area contributed by atoms with Crippen molar-refractivity contribution in [2.45, 2.75) is 32.6 Å². The highest BCUT2D eigenvalue weighted by Crippen LogP contribution is 2.51. The third-order valence-corrected chi connectivity index (χ3v) is 6.19. The Morgan fingerprint density at radius 3 is 2.68 bits per heavy atom. The Labute approximate surface area is 163 Å². The molecule has 2 aliphatic rings. The van der Waals surface area contributed by atoms with Crippen molar-refractivity contribution >= 4 is 28.4 Å². The van der Waals surface area contributed by atoms with Gasteiger partial charge >= 0.3 is 5.97 Å². The number of carbonyl (C=O) groups is 2. The summed E-state index contributed by atoms with van der Waals surface area (Å²) >= 11 is 0. The molecular weight excluding hydrogens is 350 g/mol. The molecule has 0 radical (unpaired) electrons. The van der Waals surface area contributed by atoms with Gasteiger partial charge in [-0.2, -0.15) is 0 Å². The van der Waals surface area contributed by atoms with Gasteiger partial charge in [0.05, 0.1) is 23.2 Å². The first-order valence-electron chi connectivity index (χ1n) is 9.63. The van der Waals surface area contributed by atoms with Gasteiger partial charge in [-0.05, 0) is 56.0 Å². The first-order chi connectivity index (χ1) is 13.5. The van der Waals surface area contributed by atoms with Crippen LogP contribution in [0.15, 0.2) is 54.1 Å². The minimum absolute atomic E-state index is 0.0120. The molecule has 1 aliphatic heterocycles. The Morgan fingerprint density at radius 2 is 1.89 bits per heavy atom. The number of carbonyl (C=O) groups excluding carboxylic acids is 2. The SMILES string of the molecule is CCOC(=O)C1=C(C)c2cccc3c2C(C)(C1)C(=O)n1c-3cc2ccccc21. The maximum Gasteiger partial charge on any atom is 0.334 e. The number of allylic oxidation sites excluding steroid dienone is 1. The van der Waals surface area contributed by atoms with Crippen molar-refractivity contribution in [3.05, 3.63) is 65.2 Å². The summed E-state index contributed by atoms with van der Waals surface area (Å²) in [6, 6.07) is 16.1. The molecule has 0 fully saturated rings. The predicted molar refractivity (Wildman–Crippen MR) is 109 cm³/mol. The van der Waals surface area contributed by atoms with E-state index in [1.54, 1.807) is 6.92 Å². The number of para-hydroxylation sites is 1. The summed E-state index contributed by atoms with van der Waals surface area (Å²) in [6.07, 6.45) is 0.354. The van der Waals surface area contributed by atoms with Gasteiger partial charge in [-0.25, -0.2) is 4.79 Å². The molecule has 28 heavy (non-hydrogen) atoms. The molecule has 0 saturated heterocycles. The average molecular weight is 371 g/mol. The normalized spacial score (nSPS) is 20.2. The molecule has 0 spiro atoms. The van der Waals surface area contributed by atoms with E-state index >= 15 is 0 Å². The Bertz CT molecular complexity index is 1210. The number of nitrogens with zero attached hydrogens (tertiary/aromatic N) is 1. The van der Waals surface area contributed by atoms with Gasteiger partial charge < -0.3 is 4.74 Å². The number of aromatic nitrogens is 1. The largest absolute Gasteiger partial charge is 0.463 e. The Morgan fingerprint density at radius 1 is 1.14 bits per heavy atom. The number of rotatable bonds is 2. The van der Waals surface area contributed by atoms with Crippen molar-refractivity contribution < 1.29 is 14.3 Å². The van der Waals surface area contributed by atoms with Crippen molar-refractivity contribution in [2.75, 3.05) is 6.61 Å². The van der Waals surface area contributed by atoms with E-state index < -0.39 is 5.41 Å². The van der Waals surface area contributed by atoms with Crippen molar-refractivity contribution in [3.63, 3.8) is 0 Å². The minimum Gasteiger partial charge on any atom is -0.463 e. The van der Waals surface area contributed by atoms with Gasteiger partial charge in [0, 0.05) is 16.5 Å². The quantitative estimate of drug-likeness (QED) is 0.598. The third-order valence-electron chi connectivity index (χ3n) is 6.19. The Kier molecular flexibility index (Phi) is 3.45. The van der Waals surface area contributed by atoms with Crippen LogP contribution in [0.4, 0.5) is 0 Å². The van der Waals surface area contributed by atoms with Crippen molar-refractivity contribution in [2.24, 2.45) is 0 Å². The number of ether oxygens (including phenoxy) is 1. The highest BCUT2D eigenvalue weighted by atomic mass is 16.5. The van der Waals surface area contributed by atoms with E-state index in [1.807, 2.05) is 54.8 Å². The molecule has 2 aromatic carbocycles. The smallest absolute Gasteiger partial charge is 0.334 e. The van der Waals surface area contributed by atoms with Crippen molar-refractivity contribution in [1.82, 2.24) is 4.57 Å². The van der Waals surface area contributed by atoms with E-state index in [2.05, 4.69) is 12.1 Å². The van der Waals surface area contributed by atoms with Gasteiger partial charge in [0.1, 0.15) is 0 Å². The maximum atomic E-state index is 13.8. The topological polar surface area (TPSA) is 48.3 Å². The van der Waals surface area contributed by atoms with Crippen LogP contribution >= 0.6 is 0 Å². The summed E-state index contributed by atoms with van der Waals surface area (Å²) in [5.41, 5.74) is 5.60. The second-order valence-electron chi connectivity index (χ2n) is 7.79. The lowest BCUT2D eigenvalue weighted by Gasteiger charge is -2.41. The molecule has 0 N–H and O–H groups in total. The summed E-state index contributed by atoms with van der Waals surface area (Å²) in [7, 11) is 0. The second kappa shape index (κ2) is 5.68. The third kappa shape index (κ3) is 2.00. The van der Waals surface area contributed by atoms with E-state index in [0.717, 1.165) is 38.9 Å². The maximum absolute atomic E-state index is 13.8. The standard InChI is InChI=1S/C24H21NO3/c1-4-28-22(26)18-13-24(3)21-16(14(18)2)9-7-10-17(21)20-12-15-8-5-6-11-19(15)25(20)23(24)27/h5-12H,4,13H2,1-3H3. The summed E-state index contributed by atoms with van der Waals surface area (Å²) in [5, 5.41) is 1.04. The second-order valence-corrected chi connectivity index (χ2v) is 7.79. The van der Waals surface area contributed by atoms with Gasteiger partial charge in [-0.1, -0.05) is 36.4 Å². The average Bonchev–Trinajstić information content (AvgIpc) is 3.09. The molecular formula is C24H21NO3. The monoisotopic (exact) mass is 371 g/mol. The van der Waals surface area contributed by atoms with Crippen molar-refractivity contribution in [3.8, 4) is 11.3 Å². The lowest BCUT2D eigenvalue weighted by molar-refractivity contribution is -0.138. The van der Waals surface area contributed by atoms with Gasteiger partial charge in [0.15, 0.2) is 0 Å². The van der Waals surface area contributed by atoms with Crippen molar-refractivity contribution in [1.29, 1.82) is 0 Å². The van der Waals surface area contributed by atoms with Gasteiger partial charge in [-0.15, -0.1) is 0 Å². The molecule has 1 aliphatic carbocycles. The van der Waals surface area contributed by atoms with E-state index in [9.17, 15) is 9.59 Å². The van der Waals surface area contributed by atoms with Crippen LogP contribution in [0.25, 0.3) is 27.7 Å². The van der Waals surface area contributed by atoms with Crippen LogP contribution < -0.4 is 0 Å². The molecule has 140 valence electrons. The molecule has 1 aromatic heterocycles. The zero-order chi connectivity index (χ0) is 19.6. The van der Waals surface area contributed by atoms with Gasteiger partial charge in [-0.3, -0.25) is 9.36 Å². The first-order valence-corrected chi connectivity index (χ1v) is 9.63. The molecule has 5 rings (SSSR count). The minimum atomic E-state index is -0.803. The lowest BCUT2D eigenvalue weighted by atomic mass is 9.65. The van der Waals surface area contributed by atoms with Crippen LogP contribution in [0, 0.1) is 0 Å². The van der Waals surface area contributed by atoms with Gasteiger partial charge in [0.25, 0.3) is 0 Å². The van der Waals surface area contributed by atoms with E-state index in [0.29, 0.717) is 18.6 Å². The highest BCUT2D eigenvalue weighted by Gasteiger charge is 2.48. The number of benzene rings is 2. The van der Waals surface area contributed by atoms with Crippen LogP contribution in [0.2, 0.25) is 0 Å². The summed E-state index contributed by atoms with van der Waals surface area (Å²) in [6.45, 7) is 6.03. The summed E-state index contributed by atoms with van der Waals surface area (Å²) in [5.74, 6) is -0.314. The fraction of sp³-hybridized carbons (Fsp3) is 0.250. The molecule has 0 amide bonds. The number of fused-ring (bicyclic) bond motifs is 4. The zero-order valence-corrected chi connectivity index (χ0v) is 16.2. The molecule has 1 atom stereocenters. The molecule has 1 unspecified atom stereocenters. The lowest BCUT2D eigenvalue weighted by Crippen LogP contribution is -2.44. The van der Waals surface area contributed by atoms with E-state index in [1.165, 1.54) is 0 Å². The molecule has 0 saturated carbocycles. The predicted octanol–water partition coefficient (Wildman–Crippen LogP) is 4.96. The summed E-state index contributed by atoms with van der Waals surface area (Å²) < 4.78 is 7.12. The fourth-order valence-electron chi connectivity index (χ4n) is 4.85. The zero-order valence-electron chi connectivity index (χ0n) is 16.2. The molecule has 4 nitrogen and oxygen atoms in total. The number of hydrogen-bond donors (Lipinski definition) is 0. The van der Waals surface area contributed by atoms with E-state index in [4.69, 9.17) is 4.74 Å². The molecule has 3 aromatic rings. The van der Waals surface area contributed by atoms with Crippen LogP contribution in [0.1, 0.15) is 43.1 Å². The fourth-order valence-corrected chi connectivity index (χ4v) is 4.85.